The molecule has 3 N–H and O–H groups in total. The predicted octanol–water partition coefficient (Wildman–Crippen LogP) is 3.26. The Labute approximate surface area is 177 Å². The van der Waals surface area contributed by atoms with Crippen molar-refractivity contribution in [3.05, 3.63) is 41.6 Å². The summed E-state index contributed by atoms with van der Waals surface area (Å²) in [5.74, 6) is 0.309. The highest BCUT2D eigenvalue weighted by Crippen LogP contribution is 2.26. The number of primary sulfonamides is 1. The normalized spacial score (nSPS) is 11.7. The average Bonchev–Trinajstić information content (AvgIpc) is 3.02. The van der Waals surface area contributed by atoms with Crippen LogP contribution in [0.1, 0.15) is 19.8 Å². The van der Waals surface area contributed by atoms with Gasteiger partial charge in [0.25, 0.3) is 0 Å². The van der Waals surface area contributed by atoms with Crippen LogP contribution in [-0.4, -0.2) is 34.6 Å². The minimum atomic E-state index is -3.81. The van der Waals surface area contributed by atoms with E-state index in [1.807, 2.05) is 4.57 Å². The van der Waals surface area contributed by atoms with E-state index in [0.717, 1.165) is 18.4 Å². The highest BCUT2D eigenvalue weighted by atomic mass is 35.5. The number of carbonyl (C=O) groups is 1. The second-order valence-electron chi connectivity index (χ2n) is 6.29. The van der Waals surface area contributed by atoms with Crippen LogP contribution in [0.25, 0.3) is 11.0 Å². The highest BCUT2D eigenvalue weighted by Gasteiger charge is 2.16. The summed E-state index contributed by atoms with van der Waals surface area (Å²) in [6.07, 6.45) is 3.37. The van der Waals surface area contributed by atoms with Crippen molar-refractivity contribution in [2.45, 2.75) is 36.4 Å². The minimum absolute atomic E-state index is 0.00764. The van der Waals surface area contributed by atoms with Crippen LogP contribution >= 0.6 is 23.4 Å². The van der Waals surface area contributed by atoms with Gasteiger partial charge in [-0.05, 0) is 36.8 Å². The number of unbranched alkanes of at least 4 members (excludes halogenated alkanes) is 1. The molecule has 3 rings (SSSR count). The van der Waals surface area contributed by atoms with E-state index in [1.165, 1.54) is 30.1 Å². The second kappa shape index (κ2) is 9.12. The van der Waals surface area contributed by atoms with Gasteiger partial charge in [-0.3, -0.25) is 4.79 Å². The van der Waals surface area contributed by atoms with E-state index >= 15 is 0 Å². The molecule has 29 heavy (non-hydrogen) atoms. The number of hydrogen-bond donors (Lipinski definition) is 2. The number of hydrogen-bond acceptors (Lipinski definition) is 6. The molecule has 0 aliphatic carbocycles. The molecule has 0 saturated heterocycles. The molecular formula is C18H20ClN5O3S2. The quantitative estimate of drug-likeness (QED) is 0.505. The van der Waals surface area contributed by atoms with Crippen LogP contribution in [0.15, 0.2) is 46.6 Å². The Hall–Kier alpha value is -2.14. The fourth-order valence-corrected chi connectivity index (χ4v) is 4.15. The van der Waals surface area contributed by atoms with E-state index in [1.54, 1.807) is 18.2 Å². The third-order valence-corrected chi connectivity index (χ3v) is 6.19. The number of aromatic nitrogens is 3. The number of halogens is 1. The molecule has 8 nitrogen and oxygen atoms in total. The summed E-state index contributed by atoms with van der Waals surface area (Å²) in [5.41, 5.74) is 1.32. The van der Waals surface area contributed by atoms with Crippen LogP contribution in [0.3, 0.4) is 0 Å². The monoisotopic (exact) mass is 453 g/mol. The van der Waals surface area contributed by atoms with E-state index in [0.29, 0.717) is 28.1 Å². The van der Waals surface area contributed by atoms with Crippen molar-refractivity contribution in [2.75, 3.05) is 11.1 Å². The average molecular weight is 454 g/mol. The minimum Gasteiger partial charge on any atom is -0.319 e. The summed E-state index contributed by atoms with van der Waals surface area (Å²) in [4.78, 5) is 20.8. The number of rotatable bonds is 8. The van der Waals surface area contributed by atoms with Crippen molar-refractivity contribution in [3.8, 4) is 0 Å². The summed E-state index contributed by atoms with van der Waals surface area (Å²) in [6.45, 7) is 2.79. The number of nitrogens with one attached hydrogen (secondary N) is 1. The smallest absolute Gasteiger partial charge is 0.238 e. The van der Waals surface area contributed by atoms with Crippen molar-refractivity contribution in [3.63, 3.8) is 0 Å². The van der Waals surface area contributed by atoms with Gasteiger partial charge in [-0.15, -0.1) is 0 Å². The van der Waals surface area contributed by atoms with Crippen LogP contribution in [0.4, 0.5) is 5.82 Å². The number of anilines is 1. The van der Waals surface area contributed by atoms with E-state index in [4.69, 9.17) is 16.7 Å². The van der Waals surface area contributed by atoms with E-state index in [9.17, 15) is 13.2 Å². The second-order valence-corrected chi connectivity index (χ2v) is 9.23. The molecular weight excluding hydrogens is 434 g/mol. The summed E-state index contributed by atoms with van der Waals surface area (Å²) >= 11 is 7.06. The Morgan fingerprint density at radius 3 is 2.76 bits per heavy atom. The van der Waals surface area contributed by atoms with Gasteiger partial charge in [0.1, 0.15) is 5.82 Å². The molecule has 0 spiro atoms. The standard InChI is InChI=1S/C18H20ClN5O3S2/c1-2-3-8-24-15-6-5-13(29(20,26)27)9-14(15)22-18(24)28-11-17(25)23-16-7-4-12(19)10-21-16/h4-7,9-10H,2-3,8,11H2,1H3,(H2,20,26,27)(H,21,23,25). The van der Waals surface area contributed by atoms with Gasteiger partial charge < -0.3 is 9.88 Å². The molecule has 11 heteroatoms. The number of benzene rings is 1. The molecule has 2 heterocycles. The van der Waals surface area contributed by atoms with Crippen LogP contribution in [0.2, 0.25) is 5.02 Å². The van der Waals surface area contributed by atoms with Crippen LogP contribution < -0.4 is 10.5 Å². The number of thioether (sulfide) groups is 1. The Morgan fingerprint density at radius 1 is 1.31 bits per heavy atom. The van der Waals surface area contributed by atoms with Crippen LogP contribution in [-0.2, 0) is 21.4 Å². The molecule has 154 valence electrons. The number of amides is 1. The molecule has 2 aromatic heterocycles. The molecule has 0 aliphatic rings. The maximum atomic E-state index is 12.3. The molecule has 0 bridgehead atoms. The lowest BCUT2D eigenvalue weighted by atomic mass is 10.3. The number of aryl methyl sites for hydroxylation is 1. The molecule has 1 aromatic carbocycles. The zero-order valence-corrected chi connectivity index (χ0v) is 18.0. The molecule has 3 aromatic rings. The van der Waals surface area contributed by atoms with Gasteiger partial charge in [0, 0.05) is 12.7 Å². The first-order valence-corrected chi connectivity index (χ1v) is 11.8. The number of nitrogens with two attached hydrogens (primary N) is 1. The van der Waals surface area contributed by atoms with Crippen molar-refractivity contribution in [2.24, 2.45) is 5.14 Å². The molecule has 0 atom stereocenters. The number of pyridine rings is 1. The fourth-order valence-electron chi connectivity index (χ4n) is 2.67. The van der Waals surface area contributed by atoms with Crippen LogP contribution in [0, 0.1) is 0 Å². The third-order valence-electron chi connectivity index (χ3n) is 4.08. The van der Waals surface area contributed by atoms with Gasteiger partial charge in [-0.1, -0.05) is 36.7 Å². The first-order chi connectivity index (χ1) is 13.8. The Kier molecular flexibility index (Phi) is 6.78. The lowest BCUT2D eigenvalue weighted by Gasteiger charge is -2.08. The number of sulfonamides is 1. The molecule has 0 unspecified atom stereocenters. The van der Waals surface area contributed by atoms with E-state index in [-0.39, 0.29) is 16.6 Å². The Balaban J connectivity index is 1.80. The molecule has 0 aliphatic heterocycles. The Morgan fingerprint density at radius 2 is 2.10 bits per heavy atom. The summed E-state index contributed by atoms with van der Waals surface area (Å²) < 4.78 is 25.2. The van der Waals surface area contributed by atoms with Crippen molar-refractivity contribution < 1.29 is 13.2 Å². The molecule has 0 fully saturated rings. The van der Waals surface area contributed by atoms with E-state index < -0.39 is 10.0 Å². The summed E-state index contributed by atoms with van der Waals surface area (Å²) in [7, 11) is -3.81. The molecule has 1 amide bonds. The van der Waals surface area contributed by atoms with Crippen molar-refractivity contribution in [1.82, 2.24) is 14.5 Å². The van der Waals surface area contributed by atoms with Crippen LogP contribution in [0.5, 0.6) is 0 Å². The van der Waals surface area contributed by atoms with Gasteiger partial charge >= 0.3 is 0 Å². The zero-order valence-electron chi connectivity index (χ0n) is 15.6. The largest absolute Gasteiger partial charge is 0.319 e. The van der Waals surface area contributed by atoms with Gasteiger partial charge in [0.15, 0.2) is 5.16 Å². The van der Waals surface area contributed by atoms with Gasteiger partial charge in [-0.25, -0.2) is 23.5 Å². The third kappa shape index (κ3) is 5.47. The van der Waals surface area contributed by atoms with E-state index in [2.05, 4.69) is 22.2 Å². The molecule has 0 radical (unpaired) electrons. The topological polar surface area (TPSA) is 120 Å². The summed E-state index contributed by atoms with van der Waals surface area (Å²) in [5, 5.41) is 9.05. The number of imidazole rings is 1. The maximum Gasteiger partial charge on any atom is 0.238 e. The maximum absolute atomic E-state index is 12.3. The SMILES string of the molecule is CCCCn1c(SCC(=O)Nc2ccc(Cl)cn2)nc2cc(S(N)(=O)=O)ccc21. The predicted molar refractivity (Wildman–Crippen MR) is 115 cm³/mol. The zero-order chi connectivity index (χ0) is 21.0. The summed E-state index contributed by atoms with van der Waals surface area (Å²) in [6, 6.07) is 7.88. The van der Waals surface area contributed by atoms with Crippen molar-refractivity contribution >= 4 is 56.1 Å². The number of nitrogens with zero attached hydrogens (tertiary/aromatic N) is 3. The number of carbonyl (C=O) groups excluding carboxylic acids is 1. The first kappa shape index (κ1) is 21.6. The van der Waals surface area contributed by atoms with Gasteiger partial charge in [-0.2, -0.15) is 0 Å². The highest BCUT2D eigenvalue weighted by molar-refractivity contribution is 7.99. The first-order valence-electron chi connectivity index (χ1n) is 8.85. The number of fused-ring (bicyclic) bond motifs is 1. The van der Waals surface area contributed by atoms with Gasteiger partial charge in [0.05, 0.1) is 26.7 Å². The van der Waals surface area contributed by atoms with Gasteiger partial charge in [0.2, 0.25) is 15.9 Å². The lowest BCUT2D eigenvalue weighted by molar-refractivity contribution is -0.113. The fraction of sp³-hybridized carbons (Fsp3) is 0.278. The molecule has 0 saturated carbocycles. The lowest BCUT2D eigenvalue weighted by Crippen LogP contribution is -2.15. The van der Waals surface area contributed by atoms with Crippen molar-refractivity contribution in [1.29, 1.82) is 0 Å². The Bertz CT molecular complexity index is 1130.